The minimum Gasteiger partial charge on any atom is -0.406 e. The molecule has 0 aliphatic heterocycles. The first-order chi connectivity index (χ1) is 13.7. The molecule has 6 nitrogen and oxygen atoms in total. The Hall–Kier alpha value is -3.22. The van der Waals surface area contributed by atoms with Gasteiger partial charge in [0.1, 0.15) is 11.6 Å². The molecule has 2 N–H and O–H groups in total. The molecular formula is C18H10Cl2F3N5O. The van der Waals surface area contributed by atoms with E-state index >= 15 is 0 Å². The molecule has 0 aliphatic carbocycles. The summed E-state index contributed by atoms with van der Waals surface area (Å²) in [6.07, 6.45) is -3.40. The molecule has 0 saturated carbocycles. The number of ether oxygens (including phenoxy) is 1. The Balaban J connectivity index is 1.78. The molecule has 0 bridgehead atoms. The van der Waals surface area contributed by atoms with Gasteiger partial charge >= 0.3 is 6.36 Å². The minimum absolute atomic E-state index is 0.0861. The highest BCUT2D eigenvalue weighted by molar-refractivity contribution is 6.39. The SMILES string of the molecule is N#Cc1ccc(Nc2nccc(Nc3c(Cl)cc(OC(F)(F)F)cc3Cl)n2)cc1. The van der Waals surface area contributed by atoms with Gasteiger partial charge in [-0.15, -0.1) is 13.2 Å². The third-order valence-electron chi connectivity index (χ3n) is 3.43. The number of benzene rings is 2. The van der Waals surface area contributed by atoms with Crippen LogP contribution in [0.1, 0.15) is 5.56 Å². The Labute approximate surface area is 172 Å². The lowest BCUT2D eigenvalue weighted by molar-refractivity contribution is -0.274. The summed E-state index contributed by atoms with van der Waals surface area (Å²) in [5.41, 5.74) is 1.32. The average Bonchev–Trinajstić information content (AvgIpc) is 2.64. The number of hydrogen-bond donors (Lipinski definition) is 2. The summed E-state index contributed by atoms with van der Waals surface area (Å²) in [6, 6.07) is 12.2. The van der Waals surface area contributed by atoms with Crippen molar-refractivity contribution in [3.05, 3.63) is 64.3 Å². The van der Waals surface area contributed by atoms with Crippen LogP contribution in [-0.2, 0) is 0 Å². The molecule has 0 atom stereocenters. The van der Waals surface area contributed by atoms with E-state index in [-0.39, 0.29) is 21.7 Å². The van der Waals surface area contributed by atoms with Crippen LogP contribution in [0.5, 0.6) is 5.75 Å². The van der Waals surface area contributed by atoms with Crippen LogP contribution in [0.4, 0.5) is 36.3 Å². The molecule has 0 fully saturated rings. The van der Waals surface area contributed by atoms with Gasteiger partial charge in [0.25, 0.3) is 0 Å². The molecule has 148 valence electrons. The molecule has 0 amide bonds. The summed E-state index contributed by atoms with van der Waals surface area (Å²) in [5, 5.41) is 14.5. The monoisotopic (exact) mass is 439 g/mol. The van der Waals surface area contributed by atoms with Crippen molar-refractivity contribution >= 4 is 46.3 Å². The standard InChI is InChI=1S/C18H10Cl2F3N5O/c19-13-7-12(29-18(21,22)23)8-14(20)16(13)27-15-5-6-25-17(28-15)26-11-3-1-10(9-24)2-4-11/h1-8H,(H2,25,26,27,28). The number of rotatable bonds is 5. The predicted molar refractivity (Wildman–Crippen MR) is 103 cm³/mol. The van der Waals surface area contributed by atoms with Crippen LogP contribution in [0.2, 0.25) is 10.0 Å². The zero-order valence-corrected chi connectivity index (χ0v) is 15.8. The van der Waals surface area contributed by atoms with Crippen molar-refractivity contribution in [3.63, 3.8) is 0 Å². The fraction of sp³-hybridized carbons (Fsp3) is 0.0556. The maximum Gasteiger partial charge on any atom is 0.573 e. The van der Waals surface area contributed by atoms with Crippen molar-refractivity contribution < 1.29 is 17.9 Å². The Kier molecular flexibility index (Phi) is 5.96. The summed E-state index contributed by atoms with van der Waals surface area (Å²) in [4.78, 5) is 8.32. The molecule has 2 aromatic carbocycles. The number of halogens is 5. The summed E-state index contributed by atoms with van der Waals surface area (Å²) >= 11 is 12.1. The third-order valence-corrected chi connectivity index (χ3v) is 4.02. The number of aromatic nitrogens is 2. The van der Waals surface area contributed by atoms with Gasteiger partial charge in [-0.3, -0.25) is 0 Å². The molecule has 1 aromatic heterocycles. The number of nitrogens with zero attached hydrogens (tertiary/aromatic N) is 3. The number of hydrogen-bond acceptors (Lipinski definition) is 6. The molecular weight excluding hydrogens is 430 g/mol. The van der Waals surface area contributed by atoms with Crippen LogP contribution in [0.25, 0.3) is 0 Å². The van der Waals surface area contributed by atoms with E-state index in [4.69, 9.17) is 28.5 Å². The first-order valence-electron chi connectivity index (χ1n) is 7.85. The van der Waals surface area contributed by atoms with Gasteiger partial charge < -0.3 is 15.4 Å². The van der Waals surface area contributed by atoms with Gasteiger partial charge in [-0.05, 0) is 30.3 Å². The zero-order chi connectivity index (χ0) is 21.0. The lowest BCUT2D eigenvalue weighted by Crippen LogP contribution is -2.17. The van der Waals surface area contributed by atoms with Gasteiger partial charge in [0, 0.05) is 24.0 Å². The van der Waals surface area contributed by atoms with Gasteiger partial charge in [-0.25, -0.2) is 4.98 Å². The van der Waals surface area contributed by atoms with E-state index in [0.29, 0.717) is 17.1 Å². The average molecular weight is 440 g/mol. The highest BCUT2D eigenvalue weighted by Crippen LogP contribution is 2.38. The summed E-state index contributed by atoms with van der Waals surface area (Å²) in [6.45, 7) is 0. The number of anilines is 4. The Morgan fingerprint density at radius 2 is 1.66 bits per heavy atom. The van der Waals surface area contributed by atoms with E-state index in [9.17, 15) is 13.2 Å². The second-order valence-corrected chi connectivity index (χ2v) is 6.33. The van der Waals surface area contributed by atoms with Crippen molar-refractivity contribution in [1.82, 2.24) is 9.97 Å². The second kappa shape index (κ2) is 8.43. The zero-order valence-electron chi connectivity index (χ0n) is 14.3. The Morgan fingerprint density at radius 1 is 1.00 bits per heavy atom. The number of nitriles is 1. The summed E-state index contributed by atoms with van der Waals surface area (Å²) in [5.74, 6) is -0.00248. The quantitative estimate of drug-likeness (QED) is 0.504. The fourth-order valence-electron chi connectivity index (χ4n) is 2.24. The Morgan fingerprint density at radius 3 is 2.24 bits per heavy atom. The largest absolute Gasteiger partial charge is 0.573 e. The van der Waals surface area contributed by atoms with E-state index in [2.05, 4.69) is 25.3 Å². The van der Waals surface area contributed by atoms with Crippen LogP contribution < -0.4 is 15.4 Å². The number of nitrogens with one attached hydrogen (secondary N) is 2. The molecule has 3 aromatic rings. The molecule has 1 heterocycles. The maximum atomic E-state index is 12.4. The first-order valence-corrected chi connectivity index (χ1v) is 8.61. The molecule has 0 unspecified atom stereocenters. The molecule has 0 spiro atoms. The lowest BCUT2D eigenvalue weighted by Gasteiger charge is -2.14. The lowest BCUT2D eigenvalue weighted by atomic mass is 10.2. The van der Waals surface area contributed by atoms with Gasteiger partial charge in [-0.2, -0.15) is 10.2 Å². The first kappa shape index (κ1) is 20.5. The van der Waals surface area contributed by atoms with Crippen LogP contribution in [-0.4, -0.2) is 16.3 Å². The van der Waals surface area contributed by atoms with Gasteiger partial charge in [0.15, 0.2) is 0 Å². The van der Waals surface area contributed by atoms with Crippen molar-refractivity contribution in [2.24, 2.45) is 0 Å². The highest BCUT2D eigenvalue weighted by atomic mass is 35.5. The van der Waals surface area contributed by atoms with Crippen molar-refractivity contribution in [3.8, 4) is 11.8 Å². The molecule has 0 saturated heterocycles. The molecule has 0 aliphatic rings. The Bertz CT molecular complexity index is 1050. The summed E-state index contributed by atoms with van der Waals surface area (Å²) < 4.78 is 40.9. The van der Waals surface area contributed by atoms with Crippen LogP contribution in [0.15, 0.2) is 48.7 Å². The van der Waals surface area contributed by atoms with Crippen LogP contribution >= 0.6 is 23.2 Å². The normalized spacial score (nSPS) is 10.9. The van der Waals surface area contributed by atoms with Gasteiger partial charge in [0.2, 0.25) is 5.95 Å². The van der Waals surface area contributed by atoms with Crippen molar-refractivity contribution in [2.75, 3.05) is 10.6 Å². The molecule has 3 rings (SSSR count). The topological polar surface area (TPSA) is 82.9 Å². The van der Waals surface area contributed by atoms with Crippen molar-refractivity contribution in [2.45, 2.75) is 6.36 Å². The van der Waals surface area contributed by atoms with Crippen LogP contribution in [0, 0.1) is 11.3 Å². The highest BCUT2D eigenvalue weighted by Gasteiger charge is 2.31. The summed E-state index contributed by atoms with van der Waals surface area (Å²) in [7, 11) is 0. The predicted octanol–water partition coefficient (Wildman–Crippen LogP) is 6.04. The van der Waals surface area contributed by atoms with E-state index in [0.717, 1.165) is 12.1 Å². The van der Waals surface area contributed by atoms with Crippen molar-refractivity contribution in [1.29, 1.82) is 5.26 Å². The number of alkyl halides is 3. The van der Waals surface area contributed by atoms with E-state index in [1.165, 1.54) is 12.3 Å². The van der Waals surface area contributed by atoms with Gasteiger partial charge in [0.05, 0.1) is 27.4 Å². The fourth-order valence-corrected chi connectivity index (χ4v) is 2.80. The van der Waals surface area contributed by atoms with Gasteiger partial charge in [-0.1, -0.05) is 23.2 Å². The molecule has 0 radical (unpaired) electrons. The smallest absolute Gasteiger partial charge is 0.406 e. The molecule has 29 heavy (non-hydrogen) atoms. The van der Waals surface area contributed by atoms with E-state index in [1.807, 2.05) is 6.07 Å². The maximum absolute atomic E-state index is 12.4. The third kappa shape index (κ3) is 5.63. The minimum atomic E-state index is -4.86. The second-order valence-electron chi connectivity index (χ2n) is 5.51. The van der Waals surface area contributed by atoms with E-state index in [1.54, 1.807) is 24.3 Å². The van der Waals surface area contributed by atoms with Crippen LogP contribution in [0.3, 0.4) is 0 Å². The molecule has 11 heteroatoms. The van der Waals surface area contributed by atoms with E-state index < -0.39 is 12.1 Å².